The highest BCUT2D eigenvalue weighted by Crippen LogP contribution is 2.37. The first-order chi connectivity index (χ1) is 10.3. The summed E-state index contributed by atoms with van der Waals surface area (Å²) in [6, 6.07) is 1.99. The third kappa shape index (κ3) is 3.30. The first-order valence-corrected chi connectivity index (χ1v) is 6.70. The Morgan fingerprint density at radius 3 is 2.27 bits per heavy atom. The quantitative estimate of drug-likeness (QED) is 0.342. The minimum Gasteiger partial charge on any atom is -0.462 e. The number of nitrogens with zero attached hydrogens (tertiary/aromatic N) is 3. The monoisotopic (exact) mass is 309 g/mol. The first-order valence-electron chi connectivity index (χ1n) is 6.70. The number of benzene rings is 1. The SMILES string of the molecule is CC(C)COC(=O)c1cc(N2CC2)c([N+](=O)[O-])cc1[N+](=O)[O-]. The fraction of sp³-hybridized carbons (Fsp3) is 0.462. The molecule has 0 saturated carbocycles. The van der Waals surface area contributed by atoms with Crippen LogP contribution >= 0.6 is 0 Å². The molecule has 0 atom stereocenters. The fourth-order valence-corrected chi connectivity index (χ4v) is 1.89. The zero-order chi connectivity index (χ0) is 16.4. The number of rotatable bonds is 6. The summed E-state index contributed by atoms with van der Waals surface area (Å²) in [6.45, 7) is 5.00. The van der Waals surface area contributed by atoms with Crippen LogP contribution in [0.4, 0.5) is 17.1 Å². The van der Waals surface area contributed by atoms with Crippen molar-refractivity contribution in [2.75, 3.05) is 24.6 Å². The van der Waals surface area contributed by atoms with E-state index in [0.29, 0.717) is 13.1 Å². The van der Waals surface area contributed by atoms with Gasteiger partial charge in [-0.1, -0.05) is 13.8 Å². The van der Waals surface area contributed by atoms with Gasteiger partial charge in [0.25, 0.3) is 11.4 Å². The molecule has 0 N–H and O–H groups in total. The number of ether oxygens (including phenoxy) is 1. The van der Waals surface area contributed by atoms with E-state index in [0.717, 1.165) is 6.07 Å². The average Bonchev–Trinajstić information content (AvgIpc) is 3.27. The Kier molecular flexibility index (Phi) is 4.25. The third-order valence-electron chi connectivity index (χ3n) is 3.04. The topological polar surface area (TPSA) is 116 Å². The number of esters is 1. The molecule has 0 aromatic heterocycles. The van der Waals surface area contributed by atoms with E-state index < -0.39 is 21.5 Å². The lowest BCUT2D eigenvalue weighted by Crippen LogP contribution is -2.13. The van der Waals surface area contributed by atoms with Crippen LogP contribution in [0.5, 0.6) is 0 Å². The van der Waals surface area contributed by atoms with E-state index in [-0.39, 0.29) is 29.5 Å². The maximum absolute atomic E-state index is 12.0. The average molecular weight is 309 g/mol. The van der Waals surface area contributed by atoms with Gasteiger partial charge < -0.3 is 9.64 Å². The van der Waals surface area contributed by atoms with Crippen molar-refractivity contribution >= 4 is 23.0 Å². The van der Waals surface area contributed by atoms with E-state index >= 15 is 0 Å². The van der Waals surface area contributed by atoms with Crippen LogP contribution in [0.3, 0.4) is 0 Å². The van der Waals surface area contributed by atoms with E-state index in [2.05, 4.69) is 0 Å². The summed E-state index contributed by atoms with van der Waals surface area (Å²) in [4.78, 5) is 34.3. The largest absolute Gasteiger partial charge is 0.462 e. The highest BCUT2D eigenvalue weighted by Gasteiger charge is 2.34. The van der Waals surface area contributed by atoms with Gasteiger partial charge in [-0.3, -0.25) is 20.2 Å². The molecule has 118 valence electrons. The van der Waals surface area contributed by atoms with Crippen LogP contribution in [0.15, 0.2) is 12.1 Å². The van der Waals surface area contributed by atoms with Gasteiger partial charge in [0.05, 0.1) is 22.5 Å². The van der Waals surface area contributed by atoms with Crippen molar-refractivity contribution in [2.45, 2.75) is 13.8 Å². The number of hydrogen-bond donors (Lipinski definition) is 0. The summed E-state index contributed by atoms with van der Waals surface area (Å²) >= 11 is 0. The molecule has 9 heteroatoms. The molecule has 0 radical (unpaired) electrons. The van der Waals surface area contributed by atoms with Gasteiger partial charge in [-0.05, 0) is 12.0 Å². The summed E-state index contributed by atoms with van der Waals surface area (Å²) < 4.78 is 5.00. The molecule has 0 unspecified atom stereocenters. The second-order valence-corrected chi connectivity index (χ2v) is 5.35. The van der Waals surface area contributed by atoms with E-state index in [1.807, 2.05) is 13.8 Å². The van der Waals surface area contributed by atoms with Crippen molar-refractivity contribution in [3.63, 3.8) is 0 Å². The standard InChI is InChI=1S/C13H15N3O6/c1-8(2)7-22-13(17)9-5-11(14-3-4-14)12(16(20)21)6-10(9)15(18)19/h5-6,8H,3-4,7H2,1-2H3. The predicted molar refractivity (Wildman–Crippen MR) is 77.1 cm³/mol. The van der Waals surface area contributed by atoms with Crippen LogP contribution in [-0.4, -0.2) is 35.5 Å². The third-order valence-corrected chi connectivity index (χ3v) is 3.04. The zero-order valence-electron chi connectivity index (χ0n) is 12.1. The first kappa shape index (κ1) is 15.7. The minimum atomic E-state index is -0.849. The molecule has 1 heterocycles. The highest BCUT2D eigenvalue weighted by atomic mass is 16.6. The molecular formula is C13H15N3O6. The van der Waals surface area contributed by atoms with Gasteiger partial charge in [0.15, 0.2) is 0 Å². The molecular weight excluding hydrogens is 294 g/mol. The molecule has 1 aliphatic heterocycles. The lowest BCUT2D eigenvalue weighted by Gasteiger charge is -2.10. The van der Waals surface area contributed by atoms with E-state index in [4.69, 9.17) is 4.74 Å². The normalized spacial score (nSPS) is 13.1. The van der Waals surface area contributed by atoms with Gasteiger partial charge >= 0.3 is 5.97 Å². The Balaban J connectivity index is 2.46. The Morgan fingerprint density at radius 1 is 1.23 bits per heavy atom. The number of nitro benzene ring substituents is 2. The Hall–Kier alpha value is -2.71. The molecule has 1 aromatic rings. The van der Waals surface area contributed by atoms with Crippen LogP contribution < -0.4 is 4.90 Å². The van der Waals surface area contributed by atoms with Crippen molar-refractivity contribution in [3.8, 4) is 0 Å². The summed E-state index contributed by atoms with van der Waals surface area (Å²) in [7, 11) is 0. The number of nitro groups is 2. The van der Waals surface area contributed by atoms with E-state index in [1.54, 1.807) is 4.90 Å². The minimum absolute atomic E-state index is 0.0766. The van der Waals surface area contributed by atoms with Crippen LogP contribution in [-0.2, 0) is 4.74 Å². The molecule has 9 nitrogen and oxygen atoms in total. The van der Waals surface area contributed by atoms with Crippen molar-refractivity contribution in [1.29, 1.82) is 0 Å². The van der Waals surface area contributed by atoms with E-state index in [9.17, 15) is 25.0 Å². The van der Waals surface area contributed by atoms with E-state index in [1.165, 1.54) is 6.07 Å². The molecule has 1 fully saturated rings. The number of hydrogen-bond acceptors (Lipinski definition) is 7. The lowest BCUT2D eigenvalue weighted by molar-refractivity contribution is -0.393. The maximum atomic E-state index is 12.0. The van der Waals surface area contributed by atoms with Crippen molar-refractivity contribution < 1.29 is 19.4 Å². The Morgan fingerprint density at radius 2 is 1.82 bits per heavy atom. The maximum Gasteiger partial charge on any atom is 0.345 e. The molecule has 1 aliphatic rings. The van der Waals surface area contributed by atoms with Crippen molar-refractivity contribution in [2.24, 2.45) is 5.92 Å². The van der Waals surface area contributed by atoms with Crippen LogP contribution in [0.2, 0.25) is 0 Å². The van der Waals surface area contributed by atoms with Gasteiger partial charge in [0, 0.05) is 13.1 Å². The van der Waals surface area contributed by atoms with Crippen LogP contribution in [0.25, 0.3) is 0 Å². The molecule has 0 amide bonds. The zero-order valence-corrected chi connectivity index (χ0v) is 12.1. The molecule has 2 rings (SSSR count). The second kappa shape index (κ2) is 5.96. The lowest BCUT2D eigenvalue weighted by atomic mass is 10.1. The summed E-state index contributed by atoms with van der Waals surface area (Å²) in [5.74, 6) is -0.772. The number of carbonyl (C=O) groups is 1. The Bertz CT molecular complexity index is 639. The van der Waals surface area contributed by atoms with Gasteiger partial charge in [-0.15, -0.1) is 0 Å². The van der Waals surface area contributed by atoms with Gasteiger partial charge in [0.1, 0.15) is 11.3 Å². The summed E-state index contributed by atoms with van der Waals surface area (Å²) in [5, 5.41) is 22.2. The summed E-state index contributed by atoms with van der Waals surface area (Å²) in [5.41, 5.74) is -1.07. The van der Waals surface area contributed by atoms with Crippen molar-refractivity contribution in [3.05, 3.63) is 37.9 Å². The summed E-state index contributed by atoms with van der Waals surface area (Å²) in [6.07, 6.45) is 0. The molecule has 0 spiro atoms. The molecule has 22 heavy (non-hydrogen) atoms. The smallest absolute Gasteiger partial charge is 0.345 e. The molecule has 1 saturated heterocycles. The highest BCUT2D eigenvalue weighted by molar-refractivity contribution is 5.96. The van der Waals surface area contributed by atoms with Gasteiger partial charge in [0.2, 0.25) is 0 Å². The second-order valence-electron chi connectivity index (χ2n) is 5.35. The molecule has 0 bridgehead atoms. The van der Waals surface area contributed by atoms with Gasteiger partial charge in [-0.2, -0.15) is 0 Å². The Labute approximate surface area is 125 Å². The molecule has 0 aliphatic carbocycles. The molecule has 1 aromatic carbocycles. The fourth-order valence-electron chi connectivity index (χ4n) is 1.89. The number of anilines is 1. The van der Waals surface area contributed by atoms with Crippen molar-refractivity contribution in [1.82, 2.24) is 0 Å². The van der Waals surface area contributed by atoms with Gasteiger partial charge in [-0.25, -0.2) is 4.79 Å². The van der Waals surface area contributed by atoms with Crippen LogP contribution in [0, 0.1) is 26.1 Å². The van der Waals surface area contributed by atoms with Crippen LogP contribution in [0.1, 0.15) is 24.2 Å². The predicted octanol–water partition coefficient (Wildman–Crippen LogP) is 2.14. The number of carbonyl (C=O) groups excluding carboxylic acids is 1.